The maximum atomic E-state index is 4.68. The van der Waals surface area contributed by atoms with Crippen LogP contribution < -0.4 is 0 Å². The number of pyridine rings is 1. The lowest BCUT2D eigenvalue weighted by Gasteiger charge is -2.07. The summed E-state index contributed by atoms with van der Waals surface area (Å²) in [4.78, 5) is 4.68. The molecule has 1 heterocycles. The molecule has 0 saturated heterocycles. The van der Waals surface area contributed by atoms with E-state index in [0.717, 1.165) is 12.1 Å². The fourth-order valence-electron chi connectivity index (χ4n) is 2.93. The summed E-state index contributed by atoms with van der Waals surface area (Å²) >= 11 is 0. The van der Waals surface area contributed by atoms with E-state index in [9.17, 15) is 0 Å². The average Bonchev–Trinajstić information content (AvgIpc) is 2.63. The Kier molecular flexibility index (Phi) is 5.43. The fraction of sp³-hybridized carbons (Fsp3) is 0.261. The van der Waals surface area contributed by atoms with Gasteiger partial charge >= 0.3 is 0 Å². The highest BCUT2D eigenvalue weighted by Gasteiger charge is 2.03. The van der Waals surface area contributed by atoms with Crippen molar-refractivity contribution in [1.29, 1.82) is 0 Å². The topological polar surface area (TPSA) is 12.9 Å². The number of benzene rings is 2. The molecule has 3 aromatic rings. The van der Waals surface area contributed by atoms with Crippen molar-refractivity contribution in [2.75, 3.05) is 0 Å². The predicted molar refractivity (Wildman–Crippen MR) is 103 cm³/mol. The second kappa shape index (κ2) is 7.92. The zero-order valence-electron chi connectivity index (χ0n) is 14.6. The second-order valence-corrected chi connectivity index (χ2v) is 6.46. The Labute approximate surface area is 145 Å². The molecule has 0 amide bonds. The zero-order chi connectivity index (χ0) is 16.8. The van der Waals surface area contributed by atoms with Gasteiger partial charge in [0.05, 0.1) is 5.69 Å². The predicted octanol–water partition coefficient (Wildman–Crippen LogP) is 6.46. The SMILES string of the molecule is CCCCCc1ccc(-c2cccc(-c3ccc(C)cc3)c2)nc1. The van der Waals surface area contributed by atoms with E-state index in [-0.39, 0.29) is 0 Å². The van der Waals surface area contributed by atoms with Gasteiger partial charge in [-0.15, -0.1) is 0 Å². The summed E-state index contributed by atoms with van der Waals surface area (Å²) in [6.07, 6.45) is 6.96. The van der Waals surface area contributed by atoms with E-state index < -0.39 is 0 Å². The summed E-state index contributed by atoms with van der Waals surface area (Å²) in [5.74, 6) is 0. The molecule has 1 aromatic heterocycles. The van der Waals surface area contributed by atoms with Crippen molar-refractivity contribution < 1.29 is 0 Å². The Morgan fingerprint density at radius 2 is 1.58 bits per heavy atom. The van der Waals surface area contributed by atoms with Crippen LogP contribution >= 0.6 is 0 Å². The van der Waals surface area contributed by atoms with Crippen LogP contribution in [0, 0.1) is 6.92 Å². The molecule has 1 heteroatoms. The second-order valence-electron chi connectivity index (χ2n) is 6.46. The normalized spacial score (nSPS) is 10.8. The fourth-order valence-corrected chi connectivity index (χ4v) is 2.93. The Morgan fingerprint density at radius 3 is 2.29 bits per heavy atom. The minimum absolute atomic E-state index is 1.04. The van der Waals surface area contributed by atoms with E-state index in [4.69, 9.17) is 0 Å². The van der Waals surface area contributed by atoms with E-state index in [1.807, 2.05) is 6.20 Å². The zero-order valence-corrected chi connectivity index (χ0v) is 14.6. The summed E-state index contributed by atoms with van der Waals surface area (Å²) in [5, 5.41) is 0. The first-order valence-electron chi connectivity index (χ1n) is 8.88. The Morgan fingerprint density at radius 1 is 0.792 bits per heavy atom. The lowest BCUT2D eigenvalue weighted by Crippen LogP contribution is -1.90. The average molecular weight is 315 g/mol. The van der Waals surface area contributed by atoms with Gasteiger partial charge in [-0.05, 0) is 48.6 Å². The smallest absolute Gasteiger partial charge is 0.0702 e. The van der Waals surface area contributed by atoms with Gasteiger partial charge < -0.3 is 0 Å². The van der Waals surface area contributed by atoms with Crippen LogP contribution in [-0.2, 0) is 6.42 Å². The summed E-state index contributed by atoms with van der Waals surface area (Å²) in [6, 6.07) is 21.7. The molecule has 0 atom stereocenters. The van der Waals surface area contributed by atoms with Crippen molar-refractivity contribution in [3.63, 3.8) is 0 Å². The number of rotatable bonds is 6. The number of hydrogen-bond acceptors (Lipinski definition) is 1. The molecule has 0 aliphatic carbocycles. The van der Waals surface area contributed by atoms with Gasteiger partial charge in [-0.25, -0.2) is 0 Å². The minimum Gasteiger partial charge on any atom is -0.256 e. The molecule has 0 aliphatic rings. The van der Waals surface area contributed by atoms with Crippen LogP contribution in [0.5, 0.6) is 0 Å². The van der Waals surface area contributed by atoms with Gasteiger partial charge in [0.15, 0.2) is 0 Å². The lowest BCUT2D eigenvalue weighted by atomic mass is 10.0. The summed E-state index contributed by atoms with van der Waals surface area (Å²) in [7, 11) is 0. The van der Waals surface area contributed by atoms with Crippen molar-refractivity contribution in [3.05, 3.63) is 78.0 Å². The first kappa shape index (κ1) is 16.4. The van der Waals surface area contributed by atoms with Gasteiger partial charge in [0.2, 0.25) is 0 Å². The molecule has 3 rings (SSSR count). The van der Waals surface area contributed by atoms with E-state index in [1.54, 1.807) is 0 Å². The molecule has 0 saturated carbocycles. The molecule has 122 valence electrons. The standard InChI is InChI=1S/C23H25N/c1-3-4-5-7-19-12-15-23(24-17-19)22-9-6-8-21(16-22)20-13-10-18(2)11-14-20/h6,8-17H,3-5,7H2,1-2H3. The number of aryl methyl sites for hydroxylation is 2. The molecule has 0 bridgehead atoms. The first-order valence-corrected chi connectivity index (χ1v) is 8.88. The van der Waals surface area contributed by atoms with E-state index in [0.29, 0.717) is 0 Å². The molecule has 0 N–H and O–H groups in total. The van der Waals surface area contributed by atoms with Gasteiger partial charge in [-0.3, -0.25) is 4.98 Å². The van der Waals surface area contributed by atoms with E-state index >= 15 is 0 Å². The highest BCUT2D eigenvalue weighted by molar-refractivity contribution is 5.71. The maximum absolute atomic E-state index is 4.68. The van der Waals surface area contributed by atoms with Crippen molar-refractivity contribution in [2.24, 2.45) is 0 Å². The maximum Gasteiger partial charge on any atom is 0.0702 e. The Hall–Kier alpha value is -2.41. The van der Waals surface area contributed by atoms with Crippen LogP contribution in [0.15, 0.2) is 66.9 Å². The van der Waals surface area contributed by atoms with Crippen molar-refractivity contribution in [3.8, 4) is 22.4 Å². The van der Waals surface area contributed by atoms with Crippen LogP contribution in [0.1, 0.15) is 37.3 Å². The van der Waals surface area contributed by atoms with E-state index in [2.05, 4.69) is 79.5 Å². The van der Waals surface area contributed by atoms with Gasteiger partial charge in [0, 0.05) is 11.8 Å². The first-order chi connectivity index (χ1) is 11.8. The number of nitrogens with zero attached hydrogens (tertiary/aromatic N) is 1. The molecule has 0 radical (unpaired) electrons. The molecule has 24 heavy (non-hydrogen) atoms. The molecule has 0 spiro atoms. The molecular formula is C23H25N. The van der Waals surface area contributed by atoms with Crippen LogP contribution in [0.2, 0.25) is 0 Å². The van der Waals surface area contributed by atoms with Crippen LogP contribution in [-0.4, -0.2) is 4.98 Å². The highest BCUT2D eigenvalue weighted by atomic mass is 14.7. The largest absolute Gasteiger partial charge is 0.256 e. The van der Waals surface area contributed by atoms with E-state index in [1.165, 1.54) is 47.1 Å². The van der Waals surface area contributed by atoms with Gasteiger partial charge in [-0.1, -0.05) is 73.9 Å². The third kappa shape index (κ3) is 4.11. The molecule has 0 aliphatic heterocycles. The summed E-state index contributed by atoms with van der Waals surface area (Å²) in [5.41, 5.74) is 7.33. The van der Waals surface area contributed by atoms with Crippen LogP contribution in [0.4, 0.5) is 0 Å². The molecule has 1 nitrogen and oxygen atoms in total. The third-order valence-corrected chi connectivity index (χ3v) is 4.44. The van der Waals surface area contributed by atoms with Crippen LogP contribution in [0.3, 0.4) is 0 Å². The third-order valence-electron chi connectivity index (χ3n) is 4.44. The van der Waals surface area contributed by atoms with Gasteiger partial charge in [0.1, 0.15) is 0 Å². The monoisotopic (exact) mass is 315 g/mol. The quantitative estimate of drug-likeness (QED) is 0.476. The molecule has 0 fully saturated rings. The number of unbranched alkanes of at least 4 members (excludes halogenated alkanes) is 2. The van der Waals surface area contributed by atoms with Crippen molar-refractivity contribution in [1.82, 2.24) is 4.98 Å². The van der Waals surface area contributed by atoms with Gasteiger partial charge in [-0.2, -0.15) is 0 Å². The molecule has 0 unspecified atom stereocenters. The summed E-state index contributed by atoms with van der Waals surface area (Å²) in [6.45, 7) is 4.36. The Bertz CT molecular complexity index is 770. The molecular weight excluding hydrogens is 290 g/mol. The molecule has 2 aromatic carbocycles. The minimum atomic E-state index is 1.04. The van der Waals surface area contributed by atoms with Crippen LogP contribution in [0.25, 0.3) is 22.4 Å². The summed E-state index contributed by atoms with van der Waals surface area (Å²) < 4.78 is 0. The Balaban J connectivity index is 1.79. The number of hydrogen-bond donors (Lipinski definition) is 0. The van der Waals surface area contributed by atoms with Gasteiger partial charge in [0.25, 0.3) is 0 Å². The number of aromatic nitrogens is 1. The van der Waals surface area contributed by atoms with Crippen molar-refractivity contribution in [2.45, 2.75) is 39.5 Å². The van der Waals surface area contributed by atoms with Crippen molar-refractivity contribution >= 4 is 0 Å². The highest BCUT2D eigenvalue weighted by Crippen LogP contribution is 2.25. The lowest BCUT2D eigenvalue weighted by molar-refractivity contribution is 0.716.